The fourth-order valence-corrected chi connectivity index (χ4v) is 3.82. The van der Waals surface area contributed by atoms with Crippen LogP contribution >= 0.6 is 0 Å². The Morgan fingerprint density at radius 3 is 2.32 bits per heavy atom. The topological polar surface area (TPSA) is 75.2 Å². The van der Waals surface area contributed by atoms with Gasteiger partial charge in [-0.05, 0) is 50.4 Å². The number of aromatic nitrogens is 2. The van der Waals surface area contributed by atoms with E-state index in [0.29, 0.717) is 22.8 Å². The van der Waals surface area contributed by atoms with Crippen LogP contribution in [-0.4, -0.2) is 45.8 Å². The summed E-state index contributed by atoms with van der Waals surface area (Å²) in [6.45, 7) is 5.56. The van der Waals surface area contributed by atoms with Crippen LogP contribution in [0.1, 0.15) is 68.1 Å². The summed E-state index contributed by atoms with van der Waals surface area (Å²) in [4.78, 5) is 35.4. The molecule has 4 rings (SSSR count). The molecule has 0 unspecified atom stereocenters. The van der Waals surface area contributed by atoms with Crippen molar-refractivity contribution in [3.8, 4) is 0 Å². The van der Waals surface area contributed by atoms with Crippen molar-refractivity contribution in [3.05, 3.63) is 23.8 Å². The molecule has 2 amide bonds. The van der Waals surface area contributed by atoms with E-state index >= 15 is 0 Å². The lowest BCUT2D eigenvalue weighted by Crippen LogP contribution is -2.49. The third-order valence-electron chi connectivity index (χ3n) is 6.19. The molecule has 134 valence electrons. The molecule has 1 spiro atoms. The highest BCUT2D eigenvalue weighted by molar-refractivity contribution is 5.97. The van der Waals surface area contributed by atoms with Crippen molar-refractivity contribution >= 4 is 11.8 Å². The van der Waals surface area contributed by atoms with Crippen LogP contribution < -0.4 is 5.32 Å². The molecule has 3 fully saturated rings. The Morgan fingerprint density at radius 2 is 1.80 bits per heavy atom. The molecular formula is C19H26N4O2. The molecule has 1 aromatic rings. The second-order valence-electron chi connectivity index (χ2n) is 8.17. The van der Waals surface area contributed by atoms with Gasteiger partial charge < -0.3 is 10.2 Å². The Kier molecular flexibility index (Phi) is 4.01. The highest BCUT2D eigenvalue weighted by Crippen LogP contribution is 2.53. The summed E-state index contributed by atoms with van der Waals surface area (Å²) >= 11 is 0. The molecule has 2 saturated carbocycles. The fourth-order valence-electron chi connectivity index (χ4n) is 3.82. The van der Waals surface area contributed by atoms with Gasteiger partial charge in [0.05, 0.1) is 5.56 Å². The summed E-state index contributed by atoms with van der Waals surface area (Å²) in [5, 5.41) is 2.79. The summed E-state index contributed by atoms with van der Waals surface area (Å²) in [7, 11) is 0. The van der Waals surface area contributed by atoms with Gasteiger partial charge in [-0.1, -0.05) is 6.92 Å². The summed E-state index contributed by atoms with van der Waals surface area (Å²) in [5.74, 6) is 1.61. The van der Waals surface area contributed by atoms with Gasteiger partial charge in [-0.15, -0.1) is 0 Å². The number of nitrogens with one attached hydrogen (secondary N) is 1. The van der Waals surface area contributed by atoms with Gasteiger partial charge in [0.1, 0.15) is 11.9 Å². The predicted molar refractivity (Wildman–Crippen MR) is 93.0 cm³/mol. The second-order valence-corrected chi connectivity index (χ2v) is 8.17. The Labute approximate surface area is 148 Å². The number of hydrogen-bond acceptors (Lipinski definition) is 4. The van der Waals surface area contributed by atoms with E-state index < -0.39 is 6.04 Å². The van der Waals surface area contributed by atoms with E-state index in [-0.39, 0.29) is 11.8 Å². The molecule has 0 aromatic carbocycles. The number of likely N-dealkylation sites (tertiary alicyclic amines) is 1. The van der Waals surface area contributed by atoms with Crippen molar-refractivity contribution in [2.75, 3.05) is 13.1 Å². The lowest BCUT2D eigenvalue weighted by Gasteiger charge is -2.33. The zero-order valence-corrected chi connectivity index (χ0v) is 15.0. The predicted octanol–water partition coefficient (Wildman–Crippen LogP) is 2.12. The lowest BCUT2D eigenvalue weighted by molar-refractivity contribution is -0.134. The Bertz CT molecular complexity index is 673. The summed E-state index contributed by atoms with van der Waals surface area (Å²) in [5.41, 5.74) is 0.953. The van der Waals surface area contributed by atoms with Crippen molar-refractivity contribution in [3.63, 3.8) is 0 Å². The highest BCUT2D eigenvalue weighted by atomic mass is 16.2. The zero-order valence-electron chi connectivity index (χ0n) is 15.0. The van der Waals surface area contributed by atoms with E-state index in [4.69, 9.17) is 0 Å². The van der Waals surface area contributed by atoms with E-state index in [9.17, 15) is 9.59 Å². The van der Waals surface area contributed by atoms with Crippen LogP contribution in [0.3, 0.4) is 0 Å². The van der Waals surface area contributed by atoms with E-state index in [1.165, 1.54) is 12.8 Å². The van der Waals surface area contributed by atoms with Gasteiger partial charge in [0.25, 0.3) is 5.91 Å². The number of piperidine rings is 1. The number of rotatable bonds is 4. The van der Waals surface area contributed by atoms with Crippen LogP contribution in [0.5, 0.6) is 0 Å². The van der Waals surface area contributed by atoms with Crippen molar-refractivity contribution in [2.45, 2.75) is 57.9 Å². The van der Waals surface area contributed by atoms with Gasteiger partial charge in [-0.25, -0.2) is 9.97 Å². The van der Waals surface area contributed by atoms with Crippen LogP contribution in [0.2, 0.25) is 0 Å². The molecule has 0 radical (unpaired) electrons. The van der Waals surface area contributed by atoms with Crippen molar-refractivity contribution in [2.24, 2.45) is 11.3 Å². The largest absolute Gasteiger partial charge is 0.341 e. The number of amides is 2. The normalized spacial score (nSPS) is 27.7. The summed E-state index contributed by atoms with van der Waals surface area (Å²) in [6, 6.07) is -0.524. The Balaban J connectivity index is 1.31. The van der Waals surface area contributed by atoms with E-state index in [0.717, 1.165) is 38.2 Å². The minimum absolute atomic E-state index is 0.00759. The third-order valence-corrected chi connectivity index (χ3v) is 6.19. The van der Waals surface area contributed by atoms with Gasteiger partial charge in [0, 0.05) is 31.4 Å². The molecule has 0 bridgehead atoms. The maximum Gasteiger partial charge on any atom is 0.255 e. The molecule has 1 saturated heterocycles. The SMILES string of the molecule is C[C@H](NC(=O)c1cnc([C@@H]2C[C@@H]2C)nc1)C(=O)N1CCC2(CC1)CC2. The molecule has 3 aliphatic rings. The molecule has 6 heteroatoms. The first kappa shape index (κ1) is 16.5. The van der Waals surface area contributed by atoms with Gasteiger partial charge in [0.15, 0.2) is 0 Å². The molecule has 2 heterocycles. The Hall–Kier alpha value is -1.98. The third kappa shape index (κ3) is 3.39. The molecule has 1 aromatic heterocycles. The Morgan fingerprint density at radius 1 is 1.20 bits per heavy atom. The van der Waals surface area contributed by atoms with Crippen molar-refractivity contribution in [1.29, 1.82) is 0 Å². The van der Waals surface area contributed by atoms with Gasteiger partial charge in [0.2, 0.25) is 5.91 Å². The minimum Gasteiger partial charge on any atom is -0.341 e. The number of hydrogen-bond donors (Lipinski definition) is 1. The first-order valence-electron chi connectivity index (χ1n) is 9.39. The summed E-state index contributed by atoms with van der Waals surface area (Å²) in [6.07, 6.45) is 9.10. The average Bonchev–Trinajstić information content (AvgIpc) is 3.54. The molecule has 6 nitrogen and oxygen atoms in total. The smallest absolute Gasteiger partial charge is 0.255 e. The molecule has 1 aliphatic heterocycles. The van der Waals surface area contributed by atoms with Crippen LogP contribution in [0.25, 0.3) is 0 Å². The maximum absolute atomic E-state index is 12.6. The van der Waals surface area contributed by atoms with Gasteiger partial charge in [-0.3, -0.25) is 9.59 Å². The minimum atomic E-state index is -0.524. The molecule has 2 aliphatic carbocycles. The van der Waals surface area contributed by atoms with E-state index in [1.54, 1.807) is 19.3 Å². The molecule has 25 heavy (non-hydrogen) atoms. The van der Waals surface area contributed by atoms with Crippen molar-refractivity contribution in [1.82, 2.24) is 20.2 Å². The number of nitrogens with zero attached hydrogens (tertiary/aromatic N) is 3. The van der Waals surface area contributed by atoms with Crippen LogP contribution in [-0.2, 0) is 4.79 Å². The monoisotopic (exact) mass is 342 g/mol. The van der Waals surface area contributed by atoms with Gasteiger partial charge >= 0.3 is 0 Å². The first-order chi connectivity index (χ1) is 12.0. The van der Waals surface area contributed by atoms with E-state index in [2.05, 4.69) is 22.2 Å². The summed E-state index contributed by atoms with van der Waals surface area (Å²) < 4.78 is 0. The van der Waals surface area contributed by atoms with Gasteiger partial charge in [-0.2, -0.15) is 0 Å². The quantitative estimate of drug-likeness (QED) is 0.909. The fraction of sp³-hybridized carbons (Fsp3) is 0.684. The van der Waals surface area contributed by atoms with Crippen LogP contribution in [0.4, 0.5) is 0 Å². The standard InChI is InChI=1S/C19H26N4O2/c1-12-9-15(12)16-20-10-14(11-21-16)17(24)22-13(2)18(25)23-7-5-19(3-4-19)6-8-23/h10-13,15H,3-9H2,1-2H3,(H,22,24)/t12-,13-,15+/m0/s1. The number of carbonyl (C=O) groups excluding carboxylic acids is 2. The number of carbonyl (C=O) groups is 2. The average molecular weight is 342 g/mol. The zero-order chi connectivity index (χ0) is 17.6. The molecule has 3 atom stereocenters. The van der Waals surface area contributed by atoms with Crippen molar-refractivity contribution < 1.29 is 9.59 Å². The maximum atomic E-state index is 12.6. The first-order valence-corrected chi connectivity index (χ1v) is 9.39. The highest BCUT2D eigenvalue weighted by Gasteiger charge is 2.45. The van der Waals surface area contributed by atoms with E-state index in [1.807, 2.05) is 4.90 Å². The molecular weight excluding hydrogens is 316 g/mol. The van der Waals surface area contributed by atoms with Crippen LogP contribution in [0, 0.1) is 11.3 Å². The lowest BCUT2D eigenvalue weighted by atomic mass is 9.93. The molecule has 1 N–H and O–H groups in total. The van der Waals surface area contributed by atoms with Crippen LogP contribution in [0.15, 0.2) is 12.4 Å². The second kappa shape index (κ2) is 6.07.